The zero-order valence-electron chi connectivity index (χ0n) is 19.6. The summed E-state index contributed by atoms with van der Waals surface area (Å²) in [5.41, 5.74) is -0.451. The van der Waals surface area contributed by atoms with E-state index in [2.05, 4.69) is 5.32 Å². The number of carboxylic acids is 1. The molecule has 0 aromatic heterocycles. The van der Waals surface area contributed by atoms with Crippen molar-refractivity contribution >= 4 is 35.2 Å². The van der Waals surface area contributed by atoms with Gasteiger partial charge < -0.3 is 5.11 Å². The van der Waals surface area contributed by atoms with Crippen molar-refractivity contribution in [2.75, 3.05) is 4.90 Å². The van der Waals surface area contributed by atoms with Crippen LogP contribution in [0, 0.1) is 22.0 Å². The van der Waals surface area contributed by atoms with Crippen molar-refractivity contribution in [1.82, 2.24) is 5.32 Å². The third kappa shape index (κ3) is 4.19. The predicted molar refractivity (Wildman–Crippen MR) is 135 cm³/mol. The van der Waals surface area contributed by atoms with Crippen LogP contribution in [0.1, 0.15) is 11.1 Å². The van der Waals surface area contributed by atoms with Gasteiger partial charge in [0.25, 0.3) is 5.69 Å². The van der Waals surface area contributed by atoms with E-state index >= 15 is 0 Å². The van der Waals surface area contributed by atoms with E-state index in [0.717, 1.165) is 16.5 Å². The maximum atomic E-state index is 13.8. The van der Waals surface area contributed by atoms with Gasteiger partial charge in [0.15, 0.2) is 0 Å². The van der Waals surface area contributed by atoms with Crippen LogP contribution in [0.25, 0.3) is 6.08 Å². The number of nitrogens with one attached hydrogen (secondary N) is 1. The first-order chi connectivity index (χ1) is 17.8. The third-order valence-electron chi connectivity index (χ3n) is 6.99. The average Bonchev–Trinajstić information content (AvgIpc) is 3.37. The highest BCUT2D eigenvalue weighted by molar-refractivity contribution is 6.24. The van der Waals surface area contributed by atoms with Gasteiger partial charge in [-0.15, -0.1) is 0 Å². The predicted octanol–water partition coefficient (Wildman–Crippen LogP) is 3.45. The molecule has 0 radical (unpaired) electrons. The van der Waals surface area contributed by atoms with Gasteiger partial charge in [-0.2, -0.15) is 0 Å². The number of fused-ring (bicyclic) bond motifs is 1. The summed E-state index contributed by atoms with van der Waals surface area (Å²) in [6, 6.07) is 22.7. The molecule has 4 unspecified atom stereocenters. The molecule has 2 amide bonds. The molecule has 0 saturated carbocycles. The molecule has 3 aromatic rings. The van der Waals surface area contributed by atoms with Gasteiger partial charge in [0, 0.05) is 24.6 Å². The number of imide groups is 1. The van der Waals surface area contributed by atoms with Crippen LogP contribution in [-0.4, -0.2) is 39.4 Å². The van der Waals surface area contributed by atoms with Gasteiger partial charge in [0.1, 0.15) is 5.54 Å². The molecule has 9 heteroatoms. The first kappa shape index (κ1) is 24.1. The SMILES string of the molecule is O=C1C2C(/C=C/c3ccccc3)NC(Cc3ccccc3)(C(=O)O)C2C(=O)N1c1cccc([N+](=O)[O-])c1. The average molecular weight is 498 g/mol. The molecule has 0 spiro atoms. The number of rotatable bonds is 7. The quantitative estimate of drug-likeness (QED) is 0.290. The number of benzene rings is 3. The molecule has 2 saturated heterocycles. The maximum absolute atomic E-state index is 13.8. The minimum absolute atomic E-state index is 0.0260. The molecule has 2 N–H and O–H groups in total. The van der Waals surface area contributed by atoms with Gasteiger partial charge in [0.05, 0.1) is 22.4 Å². The van der Waals surface area contributed by atoms with Crippen LogP contribution in [0.5, 0.6) is 0 Å². The zero-order chi connectivity index (χ0) is 26.2. The van der Waals surface area contributed by atoms with Crippen LogP contribution < -0.4 is 10.2 Å². The highest BCUT2D eigenvalue weighted by atomic mass is 16.6. The lowest BCUT2D eigenvalue weighted by atomic mass is 9.76. The molecule has 5 rings (SSSR count). The zero-order valence-corrected chi connectivity index (χ0v) is 19.6. The lowest BCUT2D eigenvalue weighted by Crippen LogP contribution is -2.58. The number of carboxylic acid groups (broad SMARTS) is 1. The second-order valence-corrected chi connectivity index (χ2v) is 9.17. The number of hydrogen-bond acceptors (Lipinski definition) is 6. The Kier molecular flexibility index (Phi) is 6.14. The Morgan fingerprint density at radius 1 is 1.00 bits per heavy atom. The van der Waals surface area contributed by atoms with Crippen LogP contribution in [-0.2, 0) is 20.8 Å². The molecule has 2 aliphatic rings. The lowest BCUT2D eigenvalue weighted by molar-refractivity contribution is -0.384. The summed E-state index contributed by atoms with van der Waals surface area (Å²) in [4.78, 5) is 52.0. The third-order valence-corrected chi connectivity index (χ3v) is 6.99. The molecular formula is C28H23N3O6. The van der Waals surface area contributed by atoms with E-state index in [1.165, 1.54) is 18.2 Å². The van der Waals surface area contributed by atoms with Gasteiger partial charge in [0.2, 0.25) is 11.8 Å². The monoisotopic (exact) mass is 497 g/mol. The van der Waals surface area contributed by atoms with Crippen LogP contribution in [0.3, 0.4) is 0 Å². The Morgan fingerprint density at radius 2 is 1.68 bits per heavy atom. The van der Waals surface area contributed by atoms with Crippen molar-refractivity contribution in [1.29, 1.82) is 0 Å². The van der Waals surface area contributed by atoms with E-state index in [1.54, 1.807) is 36.4 Å². The highest BCUT2D eigenvalue weighted by Crippen LogP contribution is 2.46. The van der Waals surface area contributed by atoms with E-state index in [0.29, 0.717) is 5.56 Å². The van der Waals surface area contributed by atoms with Crippen LogP contribution in [0.4, 0.5) is 11.4 Å². The summed E-state index contributed by atoms with van der Waals surface area (Å²) in [6.07, 6.45) is 3.47. The summed E-state index contributed by atoms with van der Waals surface area (Å²) in [5, 5.41) is 24.9. The van der Waals surface area contributed by atoms with Crippen molar-refractivity contribution in [3.8, 4) is 0 Å². The topological polar surface area (TPSA) is 130 Å². The van der Waals surface area contributed by atoms with E-state index in [1.807, 2.05) is 36.4 Å². The van der Waals surface area contributed by atoms with Crippen molar-refractivity contribution in [2.24, 2.45) is 11.8 Å². The lowest BCUT2D eigenvalue weighted by Gasteiger charge is -2.31. The Bertz CT molecular complexity index is 1410. The van der Waals surface area contributed by atoms with E-state index in [-0.39, 0.29) is 17.8 Å². The van der Waals surface area contributed by atoms with Crippen LogP contribution in [0.15, 0.2) is 91.0 Å². The molecule has 37 heavy (non-hydrogen) atoms. The molecule has 186 valence electrons. The van der Waals surface area contributed by atoms with E-state index in [4.69, 9.17) is 0 Å². The summed E-state index contributed by atoms with van der Waals surface area (Å²) < 4.78 is 0. The second kappa shape index (κ2) is 9.44. The minimum atomic E-state index is -1.76. The van der Waals surface area contributed by atoms with Crippen molar-refractivity contribution in [3.05, 3.63) is 112 Å². The van der Waals surface area contributed by atoms with E-state index in [9.17, 15) is 29.6 Å². The Hall–Kier alpha value is -4.63. The Labute approximate surface area is 212 Å². The number of non-ortho nitro benzene ring substituents is 1. The number of nitro benzene ring substituents is 1. The number of amides is 2. The van der Waals surface area contributed by atoms with Gasteiger partial charge in [-0.25, -0.2) is 4.90 Å². The number of nitro groups is 1. The number of anilines is 1. The number of carbonyl (C=O) groups is 3. The largest absolute Gasteiger partial charge is 0.480 e. The van der Waals surface area contributed by atoms with Gasteiger partial charge in [-0.05, 0) is 17.2 Å². The molecule has 3 aromatic carbocycles. The fourth-order valence-corrected chi connectivity index (χ4v) is 5.34. The summed E-state index contributed by atoms with van der Waals surface area (Å²) >= 11 is 0. The summed E-state index contributed by atoms with van der Waals surface area (Å²) in [7, 11) is 0. The van der Waals surface area contributed by atoms with Crippen molar-refractivity contribution in [3.63, 3.8) is 0 Å². The molecular weight excluding hydrogens is 474 g/mol. The Morgan fingerprint density at radius 3 is 2.32 bits per heavy atom. The summed E-state index contributed by atoms with van der Waals surface area (Å²) in [5.74, 6) is -4.77. The van der Waals surface area contributed by atoms with Gasteiger partial charge >= 0.3 is 5.97 Å². The van der Waals surface area contributed by atoms with Gasteiger partial charge in [-0.1, -0.05) is 78.9 Å². The standard InChI is InChI=1S/C28H23N3O6/c32-25-23-22(15-14-18-8-3-1-4-9-18)29-28(27(34)35,17-19-10-5-2-6-11-19)24(23)26(33)30(25)20-12-7-13-21(16-20)31(36)37/h1-16,22-24,29H,17H2,(H,34,35)/b15-14+. The fraction of sp³-hybridized carbons (Fsp3) is 0.179. The highest BCUT2D eigenvalue weighted by Gasteiger charge is 2.68. The molecule has 4 atom stereocenters. The molecule has 2 aliphatic heterocycles. The number of hydrogen-bond donors (Lipinski definition) is 2. The van der Waals surface area contributed by atoms with E-state index < -0.39 is 46.1 Å². The first-order valence-corrected chi connectivity index (χ1v) is 11.7. The molecule has 0 aliphatic carbocycles. The first-order valence-electron chi connectivity index (χ1n) is 11.7. The molecule has 9 nitrogen and oxygen atoms in total. The van der Waals surface area contributed by atoms with Crippen LogP contribution >= 0.6 is 0 Å². The fourth-order valence-electron chi connectivity index (χ4n) is 5.34. The smallest absolute Gasteiger partial charge is 0.325 e. The molecule has 2 fully saturated rings. The minimum Gasteiger partial charge on any atom is -0.480 e. The van der Waals surface area contributed by atoms with Gasteiger partial charge in [-0.3, -0.25) is 29.8 Å². The van der Waals surface area contributed by atoms with Crippen molar-refractivity contribution in [2.45, 2.75) is 18.0 Å². The number of nitrogens with zero attached hydrogens (tertiary/aromatic N) is 2. The maximum Gasteiger partial charge on any atom is 0.325 e. The number of aliphatic carboxylic acids is 1. The second-order valence-electron chi connectivity index (χ2n) is 9.17. The molecule has 2 heterocycles. The van der Waals surface area contributed by atoms with Crippen LogP contribution in [0.2, 0.25) is 0 Å². The normalized spacial score (nSPS) is 25.0. The molecule has 0 bridgehead atoms. The van der Waals surface area contributed by atoms with Crippen molar-refractivity contribution < 1.29 is 24.4 Å². The Balaban J connectivity index is 1.61. The summed E-state index contributed by atoms with van der Waals surface area (Å²) in [6.45, 7) is 0. The number of carbonyl (C=O) groups excluding carboxylic acids is 2.